The third-order valence-corrected chi connectivity index (χ3v) is 3.12. The Balaban J connectivity index is 2.32. The third-order valence-electron chi connectivity index (χ3n) is 2.13. The van der Waals surface area contributed by atoms with Gasteiger partial charge in [-0.3, -0.25) is 4.79 Å². The average Bonchev–Trinajstić information content (AvgIpc) is 2.28. The summed E-state index contributed by atoms with van der Waals surface area (Å²) in [7, 11) is 0. The van der Waals surface area contributed by atoms with E-state index in [0.717, 1.165) is 17.9 Å². The van der Waals surface area contributed by atoms with Crippen molar-refractivity contribution in [2.45, 2.75) is 19.8 Å². The van der Waals surface area contributed by atoms with Crippen molar-refractivity contribution in [3.63, 3.8) is 0 Å². The van der Waals surface area contributed by atoms with Crippen LogP contribution in [0.1, 0.15) is 19.8 Å². The lowest BCUT2D eigenvalue weighted by molar-refractivity contribution is -0.116. The summed E-state index contributed by atoms with van der Waals surface area (Å²) in [5.41, 5.74) is 7.04. The van der Waals surface area contributed by atoms with Crippen LogP contribution in [0, 0.1) is 0 Å². The Hall–Kier alpha value is -1.16. The lowest BCUT2D eigenvalue weighted by atomic mass is 10.2. The van der Waals surface area contributed by atoms with Gasteiger partial charge in [0, 0.05) is 6.42 Å². The van der Waals surface area contributed by atoms with Crippen molar-refractivity contribution >= 4 is 29.0 Å². The zero-order valence-electron chi connectivity index (χ0n) is 9.53. The number of nitrogens with one attached hydrogen (secondary N) is 1. The van der Waals surface area contributed by atoms with E-state index >= 15 is 0 Å². The van der Waals surface area contributed by atoms with Gasteiger partial charge in [-0.15, -0.1) is 0 Å². The van der Waals surface area contributed by atoms with E-state index in [0.29, 0.717) is 17.8 Å². The molecule has 16 heavy (non-hydrogen) atoms. The fourth-order valence-corrected chi connectivity index (χ4v) is 1.94. The number of carbonyl (C=O) groups excluding carboxylic acids is 1. The SMILES string of the molecule is CCSCCCC(=O)Nc1ccccc1N. The molecule has 4 heteroatoms. The molecule has 1 aromatic rings. The molecule has 0 aliphatic heterocycles. The van der Waals surface area contributed by atoms with E-state index < -0.39 is 0 Å². The zero-order valence-corrected chi connectivity index (χ0v) is 10.3. The quantitative estimate of drug-likeness (QED) is 0.592. The number of carbonyl (C=O) groups is 1. The van der Waals surface area contributed by atoms with Crippen molar-refractivity contribution in [3.8, 4) is 0 Å². The molecule has 0 heterocycles. The molecule has 1 rings (SSSR count). The summed E-state index contributed by atoms with van der Waals surface area (Å²) in [5.74, 6) is 2.18. The van der Waals surface area contributed by atoms with Gasteiger partial charge in [-0.25, -0.2) is 0 Å². The molecule has 3 N–H and O–H groups in total. The van der Waals surface area contributed by atoms with E-state index in [1.165, 1.54) is 0 Å². The molecule has 0 aliphatic rings. The van der Waals surface area contributed by atoms with Crippen LogP contribution in [-0.4, -0.2) is 17.4 Å². The van der Waals surface area contributed by atoms with Gasteiger partial charge >= 0.3 is 0 Å². The minimum Gasteiger partial charge on any atom is -0.397 e. The first-order valence-electron chi connectivity index (χ1n) is 5.46. The summed E-state index contributed by atoms with van der Waals surface area (Å²) in [4.78, 5) is 11.6. The van der Waals surface area contributed by atoms with Crippen LogP contribution in [0.5, 0.6) is 0 Å². The first kappa shape index (κ1) is 12.9. The second-order valence-electron chi connectivity index (χ2n) is 3.44. The molecular weight excluding hydrogens is 220 g/mol. The molecule has 0 atom stereocenters. The lowest BCUT2D eigenvalue weighted by Crippen LogP contribution is -2.12. The van der Waals surface area contributed by atoms with E-state index in [9.17, 15) is 4.79 Å². The minimum atomic E-state index is 0.0367. The van der Waals surface area contributed by atoms with Gasteiger partial charge in [0.25, 0.3) is 0 Å². The Morgan fingerprint density at radius 2 is 2.19 bits per heavy atom. The molecule has 0 bridgehead atoms. The summed E-state index contributed by atoms with van der Waals surface area (Å²) in [6.07, 6.45) is 1.47. The highest BCUT2D eigenvalue weighted by molar-refractivity contribution is 7.99. The zero-order chi connectivity index (χ0) is 11.8. The summed E-state index contributed by atoms with van der Waals surface area (Å²) >= 11 is 1.85. The summed E-state index contributed by atoms with van der Waals surface area (Å²) < 4.78 is 0. The Morgan fingerprint density at radius 3 is 2.88 bits per heavy atom. The Bertz CT molecular complexity index is 342. The second-order valence-corrected chi connectivity index (χ2v) is 4.83. The van der Waals surface area contributed by atoms with Gasteiger partial charge in [-0.1, -0.05) is 19.1 Å². The number of thioether (sulfide) groups is 1. The number of nitrogens with two attached hydrogens (primary N) is 1. The van der Waals surface area contributed by atoms with Gasteiger partial charge in [-0.2, -0.15) is 11.8 Å². The maximum atomic E-state index is 11.6. The van der Waals surface area contributed by atoms with Crippen LogP contribution in [0.2, 0.25) is 0 Å². The molecule has 1 amide bonds. The molecule has 0 radical (unpaired) electrons. The molecule has 0 aromatic heterocycles. The van der Waals surface area contributed by atoms with E-state index in [-0.39, 0.29) is 5.91 Å². The highest BCUT2D eigenvalue weighted by Crippen LogP contribution is 2.17. The van der Waals surface area contributed by atoms with Crippen molar-refractivity contribution in [1.82, 2.24) is 0 Å². The molecule has 0 saturated heterocycles. The molecule has 88 valence electrons. The number of para-hydroxylation sites is 2. The lowest BCUT2D eigenvalue weighted by Gasteiger charge is -2.07. The van der Waals surface area contributed by atoms with Crippen molar-refractivity contribution in [2.75, 3.05) is 22.6 Å². The smallest absolute Gasteiger partial charge is 0.224 e. The van der Waals surface area contributed by atoms with E-state index in [1.54, 1.807) is 6.07 Å². The Morgan fingerprint density at radius 1 is 1.44 bits per heavy atom. The maximum absolute atomic E-state index is 11.6. The van der Waals surface area contributed by atoms with Crippen LogP contribution in [0.25, 0.3) is 0 Å². The van der Waals surface area contributed by atoms with Crippen LogP contribution >= 0.6 is 11.8 Å². The normalized spacial score (nSPS) is 10.1. The molecule has 0 spiro atoms. The van der Waals surface area contributed by atoms with Crippen LogP contribution in [0.4, 0.5) is 11.4 Å². The van der Waals surface area contributed by atoms with E-state index in [1.807, 2.05) is 30.0 Å². The minimum absolute atomic E-state index is 0.0367. The van der Waals surface area contributed by atoms with Crippen molar-refractivity contribution < 1.29 is 4.79 Å². The van der Waals surface area contributed by atoms with E-state index in [2.05, 4.69) is 12.2 Å². The number of hydrogen-bond acceptors (Lipinski definition) is 3. The maximum Gasteiger partial charge on any atom is 0.224 e. The monoisotopic (exact) mass is 238 g/mol. The van der Waals surface area contributed by atoms with Crippen molar-refractivity contribution in [1.29, 1.82) is 0 Å². The number of hydrogen-bond donors (Lipinski definition) is 2. The highest BCUT2D eigenvalue weighted by atomic mass is 32.2. The number of amides is 1. The van der Waals surface area contributed by atoms with Gasteiger partial charge in [0.05, 0.1) is 11.4 Å². The first-order valence-corrected chi connectivity index (χ1v) is 6.61. The molecule has 0 saturated carbocycles. The third kappa shape index (κ3) is 4.57. The molecule has 1 aromatic carbocycles. The van der Waals surface area contributed by atoms with Crippen LogP contribution in [0.3, 0.4) is 0 Å². The first-order chi connectivity index (χ1) is 7.74. The predicted molar refractivity (Wildman–Crippen MR) is 71.7 cm³/mol. The van der Waals surface area contributed by atoms with Gasteiger partial charge in [0.15, 0.2) is 0 Å². The Labute approximate surface area is 101 Å². The standard InChI is InChI=1S/C12H18N2OS/c1-2-16-9-5-8-12(15)14-11-7-4-3-6-10(11)13/h3-4,6-7H,2,5,8-9,13H2,1H3,(H,14,15). The number of nitrogen functional groups attached to an aromatic ring is 1. The molecular formula is C12H18N2OS. The fourth-order valence-electron chi connectivity index (χ4n) is 1.30. The van der Waals surface area contributed by atoms with Gasteiger partial charge in [0.1, 0.15) is 0 Å². The van der Waals surface area contributed by atoms with Crippen LogP contribution in [0.15, 0.2) is 24.3 Å². The van der Waals surface area contributed by atoms with Crippen LogP contribution in [-0.2, 0) is 4.79 Å². The molecule has 3 nitrogen and oxygen atoms in total. The van der Waals surface area contributed by atoms with Gasteiger partial charge in [-0.05, 0) is 30.1 Å². The Kier molecular flexibility index (Phi) is 5.78. The predicted octanol–water partition coefficient (Wildman–Crippen LogP) is 2.74. The van der Waals surface area contributed by atoms with Crippen molar-refractivity contribution in [2.24, 2.45) is 0 Å². The van der Waals surface area contributed by atoms with Crippen LogP contribution < -0.4 is 11.1 Å². The largest absolute Gasteiger partial charge is 0.397 e. The summed E-state index contributed by atoms with van der Waals surface area (Å²) in [6.45, 7) is 2.12. The summed E-state index contributed by atoms with van der Waals surface area (Å²) in [5, 5.41) is 2.81. The number of rotatable bonds is 6. The van der Waals surface area contributed by atoms with Gasteiger partial charge < -0.3 is 11.1 Å². The molecule has 0 aliphatic carbocycles. The molecule has 0 unspecified atom stereocenters. The summed E-state index contributed by atoms with van der Waals surface area (Å²) in [6, 6.07) is 7.30. The number of anilines is 2. The average molecular weight is 238 g/mol. The number of benzene rings is 1. The highest BCUT2D eigenvalue weighted by Gasteiger charge is 2.03. The topological polar surface area (TPSA) is 55.1 Å². The van der Waals surface area contributed by atoms with Crippen molar-refractivity contribution in [3.05, 3.63) is 24.3 Å². The van der Waals surface area contributed by atoms with Gasteiger partial charge in [0.2, 0.25) is 5.91 Å². The molecule has 0 fully saturated rings. The van der Waals surface area contributed by atoms with E-state index in [4.69, 9.17) is 5.73 Å². The fraction of sp³-hybridized carbons (Fsp3) is 0.417. The second kappa shape index (κ2) is 7.17.